The maximum Gasteiger partial charge on any atom is 0.253 e. The molecule has 0 aliphatic heterocycles. The van der Waals surface area contributed by atoms with Crippen LogP contribution in [0.4, 0.5) is 0 Å². The lowest BCUT2D eigenvalue weighted by molar-refractivity contribution is -0.121. The van der Waals surface area contributed by atoms with Crippen LogP contribution in [0, 0.1) is 13.8 Å². The molecular weight excluding hydrogens is 334 g/mol. The molecule has 1 atom stereocenters. The van der Waals surface area contributed by atoms with Gasteiger partial charge in [0.15, 0.2) is 0 Å². The predicted octanol–water partition coefficient (Wildman–Crippen LogP) is 3.45. The maximum absolute atomic E-state index is 12.5. The van der Waals surface area contributed by atoms with Gasteiger partial charge in [0.05, 0.1) is 5.25 Å². The second-order valence-electron chi connectivity index (χ2n) is 6.96. The summed E-state index contributed by atoms with van der Waals surface area (Å²) in [6.45, 7) is 5.84. The number of nitrogens with one attached hydrogen (secondary N) is 1. The van der Waals surface area contributed by atoms with Crippen molar-refractivity contribution in [1.29, 1.82) is 0 Å². The van der Waals surface area contributed by atoms with Gasteiger partial charge >= 0.3 is 0 Å². The monoisotopic (exact) mass is 361 g/mol. The normalized spacial score (nSPS) is 17.9. The maximum atomic E-state index is 12.5. The Morgan fingerprint density at radius 1 is 1.20 bits per heavy atom. The average Bonchev–Trinajstić information content (AvgIpc) is 2.92. The molecule has 0 unspecified atom stereocenters. The molecule has 136 valence electrons. The van der Waals surface area contributed by atoms with Gasteiger partial charge in [-0.1, -0.05) is 43.9 Å². The summed E-state index contributed by atoms with van der Waals surface area (Å²) in [7, 11) is 0. The number of carbonyl (C=O) groups excluding carboxylic acids is 1. The molecule has 2 aromatic rings. The summed E-state index contributed by atoms with van der Waals surface area (Å²) in [6.07, 6.45) is 8.52. The van der Waals surface area contributed by atoms with Crippen molar-refractivity contribution >= 4 is 23.4 Å². The van der Waals surface area contributed by atoms with Crippen molar-refractivity contribution in [1.82, 2.24) is 24.9 Å². The van der Waals surface area contributed by atoms with E-state index in [-0.39, 0.29) is 11.2 Å². The van der Waals surface area contributed by atoms with Gasteiger partial charge in [-0.25, -0.2) is 9.50 Å². The summed E-state index contributed by atoms with van der Waals surface area (Å²) in [6, 6.07) is 2.29. The van der Waals surface area contributed by atoms with E-state index in [1.165, 1.54) is 43.9 Å². The summed E-state index contributed by atoms with van der Waals surface area (Å²) in [4.78, 5) is 21.4. The lowest BCUT2D eigenvalue weighted by Crippen LogP contribution is -2.39. The molecule has 1 aliphatic rings. The zero-order valence-electron chi connectivity index (χ0n) is 15.3. The van der Waals surface area contributed by atoms with Crippen LogP contribution < -0.4 is 5.32 Å². The Hall–Kier alpha value is -1.63. The van der Waals surface area contributed by atoms with Crippen LogP contribution >= 0.6 is 11.8 Å². The minimum Gasteiger partial charge on any atom is -0.352 e. The first-order chi connectivity index (χ1) is 12.0. The number of rotatable bonds is 4. The van der Waals surface area contributed by atoms with Crippen LogP contribution in [0.25, 0.3) is 5.78 Å². The molecule has 1 saturated carbocycles. The zero-order chi connectivity index (χ0) is 17.8. The molecule has 1 aliphatic carbocycles. The third-order valence-corrected chi connectivity index (χ3v) is 5.65. The van der Waals surface area contributed by atoms with Gasteiger partial charge in [0.2, 0.25) is 11.1 Å². The van der Waals surface area contributed by atoms with E-state index in [9.17, 15) is 4.79 Å². The minimum absolute atomic E-state index is 0.0790. The lowest BCUT2D eigenvalue weighted by Gasteiger charge is -2.22. The van der Waals surface area contributed by atoms with Crippen molar-refractivity contribution in [2.24, 2.45) is 0 Å². The van der Waals surface area contributed by atoms with Crippen LogP contribution in [0.2, 0.25) is 0 Å². The summed E-state index contributed by atoms with van der Waals surface area (Å²) < 4.78 is 1.73. The Bertz CT molecular complexity index is 736. The molecule has 2 aromatic heterocycles. The summed E-state index contributed by atoms with van der Waals surface area (Å²) >= 11 is 1.39. The van der Waals surface area contributed by atoms with Gasteiger partial charge in [-0.15, -0.1) is 5.10 Å². The zero-order valence-corrected chi connectivity index (χ0v) is 16.1. The molecule has 1 N–H and O–H groups in total. The second kappa shape index (κ2) is 8.17. The molecule has 0 aromatic carbocycles. The van der Waals surface area contributed by atoms with Crippen LogP contribution in [-0.4, -0.2) is 36.8 Å². The Kier molecular flexibility index (Phi) is 5.93. The highest BCUT2D eigenvalue weighted by atomic mass is 32.2. The number of nitrogens with zero attached hydrogens (tertiary/aromatic N) is 4. The van der Waals surface area contributed by atoms with E-state index in [0.29, 0.717) is 17.0 Å². The molecule has 0 bridgehead atoms. The standard InChI is InChI=1S/C18H27N5OS/c1-12-11-13(2)23-17(19-12)21-18(22-23)25-14(3)16(24)20-15-9-7-5-4-6-8-10-15/h11,14-15H,4-10H2,1-3H3,(H,20,24)/t14-/m0/s1. The van der Waals surface area contributed by atoms with E-state index in [1.54, 1.807) is 4.52 Å². The van der Waals surface area contributed by atoms with Crippen molar-refractivity contribution in [3.8, 4) is 0 Å². The molecule has 3 rings (SSSR count). The highest BCUT2D eigenvalue weighted by molar-refractivity contribution is 8.00. The number of thioether (sulfide) groups is 1. The number of fused-ring (bicyclic) bond motifs is 1. The van der Waals surface area contributed by atoms with Crippen LogP contribution in [0.3, 0.4) is 0 Å². The van der Waals surface area contributed by atoms with Crippen molar-refractivity contribution in [3.05, 3.63) is 17.5 Å². The fraction of sp³-hybridized carbons (Fsp3) is 0.667. The van der Waals surface area contributed by atoms with Gasteiger partial charge in [-0.05, 0) is 39.7 Å². The largest absolute Gasteiger partial charge is 0.352 e. The van der Waals surface area contributed by atoms with Crippen molar-refractivity contribution in [2.75, 3.05) is 0 Å². The Morgan fingerprint density at radius 2 is 1.88 bits per heavy atom. The number of amides is 1. The van der Waals surface area contributed by atoms with E-state index < -0.39 is 0 Å². The van der Waals surface area contributed by atoms with Crippen LogP contribution in [0.15, 0.2) is 11.2 Å². The van der Waals surface area contributed by atoms with E-state index in [4.69, 9.17) is 0 Å². The molecule has 1 fully saturated rings. The molecule has 7 heteroatoms. The Labute approximate surface area is 153 Å². The number of aryl methyl sites for hydroxylation is 2. The molecule has 0 spiro atoms. The van der Waals surface area contributed by atoms with Crippen molar-refractivity contribution < 1.29 is 4.79 Å². The Balaban J connectivity index is 1.61. The van der Waals surface area contributed by atoms with Crippen molar-refractivity contribution in [3.63, 3.8) is 0 Å². The summed E-state index contributed by atoms with van der Waals surface area (Å²) in [5.41, 5.74) is 1.91. The van der Waals surface area contributed by atoms with Gasteiger partial charge in [0.1, 0.15) is 0 Å². The number of carbonyl (C=O) groups is 1. The quantitative estimate of drug-likeness (QED) is 0.845. The van der Waals surface area contributed by atoms with Gasteiger partial charge in [0, 0.05) is 17.4 Å². The highest BCUT2D eigenvalue weighted by Crippen LogP contribution is 2.22. The average molecular weight is 362 g/mol. The molecule has 2 heterocycles. The first-order valence-corrected chi connectivity index (χ1v) is 10.1. The molecule has 0 saturated heterocycles. The molecule has 25 heavy (non-hydrogen) atoms. The van der Waals surface area contributed by atoms with Crippen LogP contribution in [-0.2, 0) is 4.79 Å². The first kappa shape index (κ1) is 18.2. The van der Waals surface area contributed by atoms with E-state index in [2.05, 4.69) is 20.4 Å². The molecule has 0 radical (unpaired) electrons. The second-order valence-corrected chi connectivity index (χ2v) is 8.26. The predicted molar refractivity (Wildman–Crippen MR) is 99.8 cm³/mol. The van der Waals surface area contributed by atoms with Crippen LogP contribution in [0.1, 0.15) is 63.3 Å². The van der Waals surface area contributed by atoms with E-state index >= 15 is 0 Å². The number of hydrogen-bond donors (Lipinski definition) is 1. The fourth-order valence-electron chi connectivity index (χ4n) is 3.33. The van der Waals surface area contributed by atoms with Crippen LogP contribution in [0.5, 0.6) is 0 Å². The minimum atomic E-state index is -0.218. The lowest BCUT2D eigenvalue weighted by atomic mass is 9.97. The first-order valence-electron chi connectivity index (χ1n) is 9.21. The molecule has 6 nitrogen and oxygen atoms in total. The third kappa shape index (κ3) is 4.71. The third-order valence-electron chi connectivity index (χ3n) is 4.70. The topological polar surface area (TPSA) is 72.2 Å². The van der Waals surface area contributed by atoms with Crippen molar-refractivity contribution in [2.45, 2.75) is 82.2 Å². The summed E-state index contributed by atoms with van der Waals surface area (Å²) in [5, 5.41) is 8.08. The number of hydrogen-bond acceptors (Lipinski definition) is 5. The fourth-order valence-corrected chi connectivity index (χ4v) is 4.08. The number of aromatic nitrogens is 4. The summed E-state index contributed by atoms with van der Waals surface area (Å²) in [5.74, 6) is 0.669. The highest BCUT2D eigenvalue weighted by Gasteiger charge is 2.21. The molecule has 1 amide bonds. The smallest absolute Gasteiger partial charge is 0.253 e. The van der Waals surface area contributed by atoms with Gasteiger partial charge in [0.25, 0.3) is 5.78 Å². The molecular formula is C18H27N5OS. The van der Waals surface area contributed by atoms with Gasteiger partial charge < -0.3 is 5.32 Å². The van der Waals surface area contributed by atoms with Gasteiger partial charge in [-0.3, -0.25) is 4.79 Å². The van der Waals surface area contributed by atoms with E-state index in [1.807, 2.05) is 26.8 Å². The van der Waals surface area contributed by atoms with Gasteiger partial charge in [-0.2, -0.15) is 4.98 Å². The SMILES string of the molecule is Cc1cc(C)n2nc(S[C@@H](C)C(=O)NC3CCCCCCC3)nc2n1. The van der Waals surface area contributed by atoms with E-state index in [0.717, 1.165) is 24.2 Å². The Morgan fingerprint density at radius 3 is 2.60 bits per heavy atom.